The largest absolute Gasteiger partial charge is 0.416 e. The first-order valence-electron chi connectivity index (χ1n) is 9.54. The average Bonchev–Trinajstić information content (AvgIpc) is 2.72. The van der Waals surface area contributed by atoms with Crippen LogP contribution in [0.1, 0.15) is 24.0 Å². The highest BCUT2D eigenvalue weighted by Gasteiger charge is 2.38. The molecule has 0 aromatic heterocycles. The molecule has 3 rings (SSSR count). The van der Waals surface area contributed by atoms with Crippen molar-refractivity contribution in [2.75, 3.05) is 18.4 Å². The van der Waals surface area contributed by atoms with Crippen LogP contribution in [0.15, 0.2) is 47.4 Å². The smallest absolute Gasteiger partial charge is 0.326 e. The molecule has 0 radical (unpaired) electrons. The highest BCUT2D eigenvalue weighted by Crippen LogP contribution is 2.37. The summed E-state index contributed by atoms with van der Waals surface area (Å²) < 4.78 is 117. The minimum absolute atomic E-state index is 0.00263. The number of piperidine rings is 1. The molecule has 2 aromatic carbocycles. The molecule has 33 heavy (non-hydrogen) atoms. The van der Waals surface area contributed by atoms with Gasteiger partial charge in [0.2, 0.25) is 15.9 Å². The number of amides is 1. The Hall–Kier alpha value is -2.67. The molecule has 0 saturated carbocycles. The Bertz CT molecular complexity index is 1090. The fourth-order valence-electron chi connectivity index (χ4n) is 3.39. The molecule has 1 N–H and O–H groups in total. The number of alkyl halides is 6. The van der Waals surface area contributed by atoms with E-state index in [0.717, 1.165) is 28.6 Å². The lowest BCUT2D eigenvalue weighted by atomic mass is 9.97. The zero-order valence-corrected chi connectivity index (χ0v) is 17.5. The second kappa shape index (κ2) is 8.93. The van der Waals surface area contributed by atoms with Gasteiger partial charge in [-0.1, -0.05) is 0 Å². The summed E-state index contributed by atoms with van der Waals surface area (Å²) in [5.74, 6) is -2.26. The average molecular weight is 498 g/mol. The first kappa shape index (κ1) is 25.0. The van der Waals surface area contributed by atoms with Gasteiger partial charge < -0.3 is 5.32 Å². The van der Waals surface area contributed by atoms with Crippen LogP contribution in [0.5, 0.6) is 0 Å². The van der Waals surface area contributed by atoms with Gasteiger partial charge in [-0.15, -0.1) is 0 Å². The van der Waals surface area contributed by atoms with Gasteiger partial charge in [-0.05, 0) is 55.3 Å². The van der Waals surface area contributed by atoms with Gasteiger partial charge in [0.05, 0.1) is 16.0 Å². The number of nitrogens with one attached hydrogen (secondary N) is 1. The van der Waals surface area contributed by atoms with Crippen molar-refractivity contribution < 1.29 is 43.9 Å². The monoisotopic (exact) mass is 498 g/mol. The van der Waals surface area contributed by atoms with Gasteiger partial charge in [0.25, 0.3) is 0 Å². The van der Waals surface area contributed by atoms with Crippen molar-refractivity contribution in [3.8, 4) is 0 Å². The van der Waals surface area contributed by atoms with Crippen LogP contribution < -0.4 is 5.32 Å². The van der Waals surface area contributed by atoms with E-state index in [1.165, 1.54) is 0 Å². The molecule has 1 heterocycles. The van der Waals surface area contributed by atoms with Crippen molar-refractivity contribution in [3.05, 3.63) is 59.4 Å². The quantitative estimate of drug-likeness (QED) is 0.610. The van der Waals surface area contributed by atoms with E-state index in [-0.39, 0.29) is 36.9 Å². The zero-order chi connectivity index (χ0) is 24.6. The normalized spacial score (nSPS) is 16.6. The van der Waals surface area contributed by atoms with Crippen molar-refractivity contribution in [2.24, 2.45) is 5.92 Å². The number of nitrogens with zero attached hydrogens (tertiary/aromatic N) is 1. The number of halogens is 7. The maximum absolute atomic E-state index is 13.0. The first-order valence-corrected chi connectivity index (χ1v) is 11.0. The van der Waals surface area contributed by atoms with E-state index in [0.29, 0.717) is 12.1 Å². The van der Waals surface area contributed by atoms with Crippen molar-refractivity contribution in [1.82, 2.24) is 4.31 Å². The van der Waals surface area contributed by atoms with E-state index in [1.807, 2.05) is 0 Å². The van der Waals surface area contributed by atoms with E-state index < -0.39 is 56.8 Å². The van der Waals surface area contributed by atoms with Gasteiger partial charge in [-0.2, -0.15) is 30.6 Å². The minimum Gasteiger partial charge on any atom is -0.326 e. The standard InChI is InChI=1S/C20H17F7N2O3S/c21-15-1-3-17(4-2-15)33(31,32)29-7-5-12(6-8-29)18(30)28-16-10-13(19(22,23)24)9-14(11-16)20(25,26)27/h1-4,9-12H,5-8H2,(H,28,30). The fraction of sp³-hybridized carbons (Fsp3) is 0.350. The summed E-state index contributed by atoms with van der Waals surface area (Å²) in [6.07, 6.45) is -10.1. The summed E-state index contributed by atoms with van der Waals surface area (Å²) in [5, 5.41) is 2.08. The van der Waals surface area contributed by atoms with Crippen molar-refractivity contribution in [3.63, 3.8) is 0 Å². The van der Waals surface area contributed by atoms with E-state index in [2.05, 4.69) is 5.32 Å². The molecule has 0 spiro atoms. The number of rotatable bonds is 4. The van der Waals surface area contributed by atoms with Crippen LogP contribution in [-0.2, 0) is 27.2 Å². The minimum atomic E-state index is -5.05. The van der Waals surface area contributed by atoms with Gasteiger partial charge in [-0.3, -0.25) is 4.79 Å². The van der Waals surface area contributed by atoms with Crippen LogP contribution in [0.2, 0.25) is 0 Å². The molecule has 1 amide bonds. The third kappa shape index (κ3) is 5.82. The molecule has 180 valence electrons. The Morgan fingerprint density at radius 2 is 1.36 bits per heavy atom. The first-order chi connectivity index (χ1) is 15.2. The molecule has 2 aromatic rings. The maximum atomic E-state index is 13.0. The molecule has 13 heteroatoms. The van der Waals surface area contributed by atoms with E-state index in [1.54, 1.807) is 0 Å². The molecule has 1 aliphatic heterocycles. The topological polar surface area (TPSA) is 66.5 Å². The molecular formula is C20H17F7N2O3S. The summed E-state index contributed by atoms with van der Waals surface area (Å²) in [5.41, 5.74) is -3.79. The van der Waals surface area contributed by atoms with Crippen molar-refractivity contribution in [1.29, 1.82) is 0 Å². The SMILES string of the molecule is O=C(Nc1cc(C(F)(F)F)cc(C(F)(F)F)c1)C1CCN(S(=O)(=O)c2ccc(F)cc2)CC1. The Morgan fingerprint density at radius 3 is 1.82 bits per heavy atom. The molecule has 1 aliphatic rings. The summed E-state index contributed by atoms with van der Waals surface area (Å²) in [4.78, 5) is 12.3. The Morgan fingerprint density at radius 1 is 0.879 bits per heavy atom. The lowest BCUT2D eigenvalue weighted by Crippen LogP contribution is -2.41. The molecule has 0 aliphatic carbocycles. The Kier molecular flexibility index (Phi) is 6.76. The summed E-state index contributed by atoms with van der Waals surface area (Å²) in [6.45, 7) is -0.206. The van der Waals surface area contributed by atoms with Crippen LogP contribution in [0.4, 0.5) is 36.4 Å². The molecule has 1 saturated heterocycles. The number of hydrogen-bond acceptors (Lipinski definition) is 3. The van der Waals surface area contributed by atoms with E-state index in [4.69, 9.17) is 0 Å². The third-order valence-electron chi connectivity index (χ3n) is 5.13. The van der Waals surface area contributed by atoms with Gasteiger partial charge in [-0.25, -0.2) is 12.8 Å². The van der Waals surface area contributed by atoms with Gasteiger partial charge in [0.15, 0.2) is 0 Å². The predicted molar refractivity (Wildman–Crippen MR) is 103 cm³/mol. The Labute approximate surface area is 184 Å². The van der Waals surface area contributed by atoms with Gasteiger partial charge in [0, 0.05) is 24.7 Å². The lowest BCUT2D eigenvalue weighted by molar-refractivity contribution is -0.143. The van der Waals surface area contributed by atoms with Gasteiger partial charge in [0.1, 0.15) is 5.82 Å². The van der Waals surface area contributed by atoms with Gasteiger partial charge >= 0.3 is 12.4 Å². The zero-order valence-electron chi connectivity index (χ0n) is 16.7. The van der Waals surface area contributed by atoms with E-state index in [9.17, 15) is 43.9 Å². The highest BCUT2D eigenvalue weighted by molar-refractivity contribution is 7.89. The van der Waals surface area contributed by atoms with Crippen molar-refractivity contribution >= 4 is 21.6 Å². The fourth-order valence-corrected chi connectivity index (χ4v) is 4.86. The number of benzene rings is 2. The highest BCUT2D eigenvalue weighted by atomic mass is 32.2. The molecule has 1 fully saturated rings. The summed E-state index contributed by atoms with van der Waals surface area (Å²) in [7, 11) is -3.95. The van der Waals surface area contributed by atoms with Crippen LogP contribution in [0.3, 0.4) is 0 Å². The molecule has 0 unspecified atom stereocenters. The van der Waals surface area contributed by atoms with Crippen LogP contribution in [0, 0.1) is 11.7 Å². The third-order valence-corrected chi connectivity index (χ3v) is 7.04. The summed E-state index contributed by atoms with van der Waals surface area (Å²) in [6, 6.07) is 4.91. The second-order valence-electron chi connectivity index (χ2n) is 7.42. The number of anilines is 1. The molecule has 5 nitrogen and oxygen atoms in total. The van der Waals surface area contributed by atoms with E-state index >= 15 is 0 Å². The maximum Gasteiger partial charge on any atom is 0.416 e. The number of sulfonamides is 1. The number of carbonyl (C=O) groups excluding carboxylic acids is 1. The molecule has 0 atom stereocenters. The summed E-state index contributed by atoms with van der Waals surface area (Å²) >= 11 is 0. The predicted octanol–water partition coefficient (Wildman–Crippen LogP) is 4.90. The number of carbonyl (C=O) groups is 1. The van der Waals surface area contributed by atoms with Crippen LogP contribution >= 0.6 is 0 Å². The van der Waals surface area contributed by atoms with Crippen molar-refractivity contribution in [2.45, 2.75) is 30.1 Å². The lowest BCUT2D eigenvalue weighted by Gasteiger charge is -2.30. The number of hydrogen-bond donors (Lipinski definition) is 1. The van der Waals surface area contributed by atoms with Crippen LogP contribution in [-0.4, -0.2) is 31.7 Å². The molecule has 0 bridgehead atoms. The molecular weight excluding hydrogens is 481 g/mol. The van der Waals surface area contributed by atoms with Crippen LogP contribution in [0.25, 0.3) is 0 Å². The Balaban J connectivity index is 1.71. The second-order valence-corrected chi connectivity index (χ2v) is 9.35.